The SMILES string of the molecule is CCNC(=O)[C@@H](C)NC(=O)COC(=O)c1cccs1. The predicted octanol–water partition coefficient (Wildman–Crippen LogP) is 0.546. The van der Waals surface area contributed by atoms with Gasteiger partial charge >= 0.3 is 5.97 Å². The van der Waals surface area contributed by atoms with Crippen LogP contribution in [0.1, 0.15) is 23.5 Å². The maximum Gasteiger partial charge on any atom is 0.348 e. The van der Waals surface area contributed by atoms with Gasteiger partial charge in [-0.3, -0.25) is 9.59 Å². The summed E-state index contributed by atoms with van der Waals surface area (Å²) in [6.07, 6.45) is 0. The van der Waals surface area contributed by atoms with Gasteiger partial charge in [-0.1, -0.05) is 6.07 Å². The molecule has 0 unspecified atom stereocenters. The van der Waals surface area contributed by atoms with Gasteiger partial charge in [-0.25, -0.2) is 4.79 Å². The molecule has 1 heterocycles. The molecule has 0 aliphatic rings. The third kappa shape index (κ3) is 5.09. The van der Waals surface area contributed by atoms with E-state index >= 15 is 0 Å². The van der Waals surface area contributed by atoms with Crippen molar-refractivity contribution < 1.29 is 19.1 Å². The van der Waals surface area contributed by atoms with Crippen LogP contribution in [-0.4, -0.2) is 37.0 Å². The summed E-state index contributed by atoms with van der Waals surface area (Å²) in [4.78, 5) is 34.7. The third-order valence-electron chi connectivity index (χ3n) is 2.18. The molecule has 6 nitrogen and oxygen atoms in total. The van der Waals surface area contributed by atoms with Crippen molar-refractivity contribution in [2.45, 2.75) is 19.9 Å². The van der Waals surface area contributed by atoms with Gasteiger partial charge in [-0.15, -0.1) is 11.3 Å². The molecular weight excluding hydrogens is 268 g/mol. The van der Waals surface area contributed by atoms with Crippen LogP contribution in [-0.2, 0) is 14.3 Å². The minimum Gasteiger partial charge on any atom is -0.451 e. The standard InChI is InChI=1S/C12H16N2O4S/c1-3-13-11(16)8(2)14-10(15)7-18-12(17)9-5-4-6-19-9/h4-6,8H,3,7H2,1-2H3,(H,13,16)(H,14,15)/t8-/m1/s1. The minimum absolute atomic E-state index is 0.277. The van der Waals surface area contributed by atoms with Gasteiger partial charge in [0.2, 0.25) is 5.91 Å². The van der Waals surface area contributed by atoms with Crippen molar-refractivity contribution >= 4 is 29.1 Å². The second-order valence-electron chi connectivity index (χ2n) is 3.74. The van der Waals surface area contributed by atoms with Gasteiger partial charge in [0.25, 0.3) is 5.91 Å². The summed E-state index contributed by atoms with van der Waals surface area (Å²) in [5.41, 5.74) is 0. The van der Waals surface area contributed by atoms with E-state index in [9.17, 15) is 14.4 Å². The quantitative estimate of drug-likeness (QED) is 0.747. The summed E-state index contributed by atoms with van der Waals surface area (Å²) in [7, 11) is 0. The highest BCUT2D eigenvalue weighted by atomic mass is 32.1. The highest BCUT2D eigenvalue weighted by Gasteiger charge is 2.16. The second-order valence-corrected chi connectivity index (χ2v) is 4.68. The van der Waals surface area contributed by atoms with Crippen molar-refractivity contribution in [1.29, 1.82) is 0 Å². The molecule has 1 aromatic heterocycles. The number of esters is 1. The van der Waals surface area contributed by atoms with Gasteiger partial charge in [-0.05, 0) is 25.3 Å². The van der Waals surface area contributed by atoms with Gasteiger partial charge < -0.3 is 15.4 Å². The molecule has 2 amide bonds. The van der Waals surface area contributed by atoms with Crippen LogP contribution in [0.15, 0.2) is 17.5 Å². The number of rotatable bonds is 6. The lowest BCUT2D eigenvalue weighted by molar-refractivity contribution is -0.130. The lowest BCUT2D eigenvalue weighted by Gasteiger charge is -2.13. The fourth-order valence-electron chi connectivity index (χ4n) is 1.27. The zero-order valence-corrected chi connectivity index (χ0v) is 11.6. The first-order valence-electron chi connectivity index (χ1n) is 5.82. The molecule has 0 aromatic carbocycles. The zero-order chi connectivity index (χ0) is 14.3. The number of carbonyl (C=O) groups is 3. The monoisotopic (exact) mass is 284 g/mol. The van der Waals surface area contributed by atoms with Gasteiger partial charge in [-0.2, -0.15) is 0 Å². The largest absolute Gasteiger partial charge is 0.451 e. The van der Waals surface area contributed by atoms with Crippen molar-refractivity contribution in [2.75, 3.05) is 13.2 Å². The van der Waals surface area contributed by atoms with E-state index in [4.69, 9.17) is 4.74 Å². The molecule has 0 bridgehead atoms. The van der Waals surface area contributed by atoms with Crippen molar-refractivity contribution in [3.05, 3.63) is 22.4 Å². The van der Waals surface area contributed by atoms with E-state index < -0.39 is 24.5 Å². The minimum atomic E-state index is -0.659. The molecular formula is C12H16N2O4S. The highest BCUT2D eigenvalue weighted by Crippen LogP contribution is 2.09. The fourth-order valence-corrected chi connectivity index (χ4v) is 1.89. The summed E-state index contributed by atoms with van der Waals surface area (Å²) >= 11 is 1.24. The Morgan fingerprint density at radius 1 is 1.42 bits per heavy atom. The maximum atomic E-state index is 11.5. The van der Waals surface area contributed by atoms with Gasteiger partial charge in [0.05, 0.1) is 0 Å². The Kier molecular flexibility index (Phi) is 6.01. The molecule has 104 valence electrons. The van der Waals surface area contributed by atoms with E-state index in [1.807, 2.05) is 0 Å². The molecule has 1 aromatic rings. The highest BCUT2D eigenvalue weighted by molar-refractivity contribution is 7.11. The van der Waals surface area contributed by atoms with Crippen LogP contribution in [0.4, 0.5) is 0 Å². The van der Waals surface area contributed by atoms with E-state index in [0.29, 0.717) is 11.4 Å². The Morgan fingerprint density at radius 2 is 2.16 bits per heavy atom. The topological polar surface area (TPSA) is 84.5 Å². The normalized spacial score (nSPS) is 11.5. The molecule has 2 N–H and O–H groups in total. The zero-order valence-electron chi connectivity index (χ0n) is 10.8. The predicted molar refractivity (Wildman–Crippen MR) is 70.9 cm³/mol. The number of nitrogens with one attached hydrogen (secondary N) is 2. The first kappa shape index (κ1) is 15.2. The molecule has 0 aliphatic carbocycles. The molecule has 0 saturated carbocycles. The van der Waals surface area contributed by atoms with Gasteiger partial charge in [0.15, 0.2) is 6.61 Å². The number of thiophene rings is 1. The Balaban J connectivity index is 2.32. The van der Waals surface area contributed by atoms with Crippen LogP contribution in [0.5, 0.6) is 0 Å². The van der Waals surface area contributed by atoms with Gasteiger partial charge in [0.1, 0.15) is 10.9 Å². The number of likely N-dealkylation sites (N-methyl/N-ethyl adjacent to an activating group) is 1. The number of hydrogen-bond acceptors (Lipinski definition) is 5. The fraction of sp³-hybridized carbons (Fsp3) is 0.417. The molecule has 0 aliphatic heterocycles. The maximum absolute atomic E-state index is 11.5. The summed E-state index contributed by atoms with van der Waals surface area (Å²) in [6.45, 7) is 3.44. The van der Waals surface area contributed by atoms with Crippen LogP contribution in [0.25, 0.3) is 0 Å². The molecule has 1 rings (SSSR count). The Bertz CT molecular complexity index is 445. The number of ether oxygens (including phenoxy) is 1. The Hall–Kier alpha value is -1.89. The van der Waals surface area contributed by atoms with E-state index in [2.05, 4.69) is 10.6 Å². The van der Waals surface area contributed by atoms with Crippen LogP contribution in [0.2, 0.25) is 0 Å². The van der Waals surface area contributed by atoms with Crippen molar-refractivity contribution in [3.8, 4) is 0 Å². The van der Waals surface area contributed by atoms with E-state index in [-0.39, 0.29) is 5.91 Å². The summed E-state index contributed by atoms with van der Waals surface area (Å²) in [5, 5.41) is 6.76. The molecule has 19 heavy (non-hydrogen) atoms. The third-order valence-corrected chi connectivity index (χ3v) is 3.03. The molecule has 7 heteroatoms. The van der Waals surface area contributed by atoms with Gasteiger partial charge in [0, 0.05) is 6.54 Å². The lowest BCUT2D eigenvalue weighted by Crippen LogP contribution is -2.46. The van der Waals surface area contributed by atoms with Crippen molar-refractivity contribution in [2.24, 2.45) is 0 Å². The lowest BCUT2D eigenvalue weighted by atomic mass is 10.3. The average Bonchev–Trinajstić information content (AvgIpc) is 2.90. The first-order chi connectivity index (χ1) is 9.04. The van der Waals surface area contributed by atoms with Crippen LogP contribution >= 0.6 is 11.3 Å². The van der Waals surface area contributed by atoms with Crippen molar-refractivity contribution in [3.63, 3.8) is 0 Å². The summed E-state index contributed by atoms with van der Waals surface area (Å²) < 4.78 is 4.82. The van der Waals surface area contributed by atoms with Crippen molar-refractivity contribution in [1.82, 2.24) is 10.6 Å². The smallest absolute Gasteiger partial charge is 0.348 e. The Morgan fingerprint density at radius 3 is 2.74 bits per heavy atom. The molecule has 0 fully saturated rings. The Labute approximate surface area is 115 Å². The van der Waals surface area contributed by atoms with E-state index in [1.165, 1.54) is 11.3 Å². The van der Waals surface area contributed by atoms with Crippen LogP contribution < -0.4 is 10.6 Å². The van der Waals surface area contributed by atoms with E-state index in [0.717, 1.165) is 0 Å². The molecule has 0 radical (unpaired) electrons. The summed E-state index contributed by atoms with van der Waals surface area (Å²) in [6, 6.07) is 2.67. The molecule has 1 atom stereocenters. The number of amides is 2. The molecule has 0 saturated heterocycles. The molecule has 0 spiro atoms. The van der Waals surface area contributed by atoms with E-state index in [1.54, 1.807) is 31.4 Å². The first-order valence-corrected chi connectivity index (χ1v) is 6.70. The summed E-state index contributed by atoms with van der Waals surface area (Å²) in [5.74, 6) is -1.33. The van der Waals surface area contributed by atoms with Crippen LogP contribution in [0.3, 0.4) is 0 Å². The second kappa shape index (κ2) is 7.52. The van der Waals surface area contributed by atoms with Crippen LogP contribution in [0, 0.1) is 0 Å². The number of hydrogen-bond donors (Lipinski definition) is 2. The average molecular weight is 284 g/mol. The number of carbonyl (C=O) groups excluding carboxylic acids is 3.